The van der Waals surface area contributed by atoms with Crippen LogP contribution >= 0.6 is 11.3 Å². The first-order chi connectivity index (χ1) is 7.66. The minimum absolute atomic E-state index is 0.0902. The molecule has 7 nitrogen and oxygen atoms in total. The molecule has 0 aliphatic heterocycles. The van der Waals surface area contributed by atoms with Crippen molar-refractivity contribution in [2.45, 2.75) is 0 Å². The van der Waals surface area contributed by atoms with Gasteiger partial charge in [0.25, 0.3) is 5.91 Å². The number of hydrogen-bond donors (Lipinski definition) is 2. The zero-order valence-corrected chi connectivity index (χ0v) is 8.52. The van der Waals surface area contributed by atoms with Crippen LogP contribution in [0.15, 0.2) is 22.1 Å². The molecule has 82 valence electrons. The predicted molar refractivity (Wildman–Crippen MR) is 53.5 cm³/mol. The first-order valence-electron chi connectivity index (χ1n) is 4.07. The average Bonchev–Trinajstić information content (AvgIpc) is 2.86. The lowest BCUT2D eigenvalue weighted by Crippen LogP contribution is -2.10. The van der Waals surface area contributed by atoms with Gasteiger partial charge in [0.1, 0.15) is 5.51 Å². The second-order valence-electron chi connectivity index (χ2n) is 2.67. The average molecular weight is 239 g/mol. The van der Waals surface area contributed by atoms with Crippen molar-refractivity contribution >= 4 is 28.3 Å². The number of hydrogen-bond acceptors (Lipinski definition) is 6. The van der Waals surface area contributed by atoms with Crippen molar-refractivity contribution in [3.05, 3.63) is 29.2 Å². The highest BCUT2D eigenvalue weighted by atomic mass is 32.1. The number of carboxylic acids is 1. The maximum absolute atomic E-state index is 11.5. The molecule has 8 heteroatoms. The van der Waals surface area contributed by atoms with Gasteiger partial charge in [-0.15, -0.1) is 10.2 Å². The number of nitrogens with zero attached hydrogens (tertiary/aromatic N) is 2. The van der Waals surface area contributed by atoms with Crippen LogP contribution in [-0.2, 0) is 0 Å². The summed E-state index contributed by atoms with van der Waals surface area (Å²) in [6.07, 6.45) is 0. The molecule has 2 N–H and O–H groups in total. The van der Waals surface area contributed by atoms with E-state index in [1.165, 1.54) is 17.6 Å². The minimum atomic E-state index is -1.23. The number of carbonyl (C=O) groups is 2. The van der Waals surface area contributed by atoms with Crippen LogP contribution in [0.4, 0.5) is 5.13 Å². The molecule has 0 aliphatic carbocycles. The molecule has 0 saturated heterocycles. The number of aromatic nitrogens is 2. The van der Waals surface area contributed by atoms with Gasteiger partial charge in [-0.25, -0.2) is 4.79 Å². The number of furan rings is 1. The molecule has 0 fully saturated rings. The topological polar surface area (TPSA) is 105 Å². The molecule has 0 radical (unpaired) electrons. The van der Waals surface area contributed by atoms with Gasteiger partial charge in [-0.2, -0.15) is 0 Å². The Morgan fingerprint density at radius 3 is 2.69 bits per heavy atom. The SMILES string of the molecule is O=C(O)c1ccc(C(=O)Nc2nncs2)o1. The van der Waals surface area contributed by atoms with Gasteiger partial charge in [-0.05, 0) is 12.1 Å². The van der Waals surface area contributed by atoms with E-state index in [4.69, 9.17) is 9.52 Å². The van der Waals surface area contributed by atoms with Crippen LogP contribution in [-0.4, -0.2) is 27.2 Å². The van der Waals surface area contributed by atoms with Gasteiger partial charge >= 0.3 is 5.97 Å². The molecule has 0 bridgehead atoms. The molecule has 2 heterocycles. The molecule has 2 aromatic heterocycles. The molecule has 0 aliphatic rings. The molecule has 1 amide bonds. The van der Waals surface area contributed by atoms with E-state index in [1.807, 2.05) is 0 Å². The molecule has 0 spiro atoms. The van der Waals surface area contributed by atoms with E-state index in [0.717, 1.165) is 11.3 Å². The Labute approximate surface area is 92.7 Å². The summed E-state index contributed by atoms with van der Waals surface area (Å²) in [7, 11) is 0. The summed E-state index contributed by atoms with van der Waals surface area (Å²) in [6, 6.07) is 2.48. The Morgan fingerprint density at radius 2 is 2.12 bits per heavy atom. The van der Waals surface area contributed by atoms with Crippen LogP contribution in [0.2, 0.25) is 0 Å². The minimum Gasteiger partial charge on any atom is -0.475 e. The maximum Gasteiger partial charge on any atom is 0.371 e. The second kappa shape index (κ2) is 4.11. The molecule has 0 unspecified atom stereocenters. The van der Waals surface area contributed by atoms with E-state index < -0.39 is 11.9 Å². The molecule has 16 heavy (non-hydrogen) atoms. The van der Waals surface area contributed by atoms with Crippen LogP contribution in [0.5, 0.6) is 0 Å². The molecule has 0 aromatic carbocycles. The normalized spacial score (nSPS) is 10.0. The first kappa shape index (κ1) is 10.3. The van der Waals surface area contributed by atoms with Crippen molar-refractivity contribution in [3.8, 4) is 0 Å². The monoisotopic (exact) mass is 239 g/mol. The van der Waals surface area contributed by atoms with Gasteiger partial charge in [0, 0.05) is 0 Å². The van der Waals surface area contributed by atoms with Crippen LogP contribution < -0.4 is 5.32 Å². The van der Waals surface area contributed by atoms with Crippen LogP contribution in [0.1, 0.15) is 21.1 Å². The lowest BCUT2D eigenvalue weighted by molar-refractivity contribution is 0.0660. The molecular weight excluding hydrogens is 234 g/mol. The van der Waals surface area contributed by atoms with Gasteiger partial charge in [-0.3, -0.25) is 10.1 Å². The zero-order chi connectivity index (χ0) is 11.5. The quantitative estimate of drug-likeness (QED) is 0.830. The molecule has 2 aromatic rings. The first-order valence-corrected chi connectivity index (χ1v) is 4.95. The lowest BCUT2D eigenvalue weighted by Gasteiger charge is -1.95. The number of anilines is 1. The Hall–Kier alpha value is -2.22. The van der Waals surface area contributed by atoms with E-state index in [-0.39, 0.29) is 11.5 Å². The number of aromatic carboxylic acids is 1. The van der Waals surface area contributed by atoms with Crippen molar-refractivity contribution in [2.75, 3.05) is 5.32 Å². The standard InChI is InChI=1S/C8H5N3O4S/c12-6(10-8-11-9-3-16-8)4-1-2-5(15-4)7(13)14/h1-3H,(H,13,14)(H,10,11,12). The van der Waals surface area contributed by atoms with E-state index >= 15 is 0 Å². The van der Waals surface area contributed by atoms with Crippen molar-refractivity contribution in [1.29, 1.82) is 0 Å². The largest absolute Gasteiger partial charge is 0.475 e. The highest BCUT2D eigenvalue weighted by Crippen LogP contribution is 2.12. The zero-order valence-electron chi connectivity index (χ0n) is 7.71. The van der Waals surface area contributed by atoms with Crippen LogP contribution in [0, 0.1) is 0 Å². The number of amides is 1. The van der Waals surface area contributed by atoms with Crippen molar-refractivity contribution in [1.82, 2.24) is 10.2 Å². The van der Waals surface area contributed by atoms with Gasteiger partial charge in [0.15, 0.2) is 5.76 Å². The van der Waals surface area contributed by atoms with Crippen molar-refractivity contribution in [3.63, 3.8) is 0 Å². The second-order valence-corrected chi connectivity index (χ2v) is 3.50. The number of carbonyl (C=O) groups excluding carboxylic acids is 1. The van der Waals surface area contributed by atoms with Gasteiger partial charge in [-0.1, -0.05) is 11.3 Å². The smallest absolute Gasteiger partial charge is 0.371 e. The fourth-order valence-electron chi connectivity index (χ4n) is 0.961. The summed E-state index contributed by atoms with van der Waals surface area (Å²) in [4.78, 5) is 22.0. The number of nitrogens with one attached hydrogen (secondary N) is 1. The summed E-state index contributed by atoms with van der Waals surface area (Å²) < 4.78 is 4.80. The fraction of sp³-hybridized carbons (Fsp3) is 0. The lowest BCUT2D eigenvalue weighted by atomic mass is 10.4. The summed E-state index contributed by atoms with van der Waals surface area (Å²) in [5, 5.41) is 18.5. The molecule has 2 rings (SSSR count). The molecular formula is C8H5N3O4S. The Bertz CT molecular complexity index is 519. The highest BCUT2D eigenvalue weighted by Gasteiger charge is 2.15. The number of carboxylic acid groups (broad SMARTS) is 1. The number of rotatable bonds is 3. The predicted octanol–water partition coefficient (Wildman–Crippen LogP) is 1.08. The van der Waals surface area contributed by atoms with Gasteiger partial charge in [0.05, 0.1) is 0 Å². The maximum atomic E-state index is 11.5. The molecule has 0 saturated carbocycles. The molecule has 0 atom stereocenters. The third kappa shape index (κ3) is 2.06. The highest BCUT2D eigenvalue weighted by molar-refractivity contribution is 7.13. The van der Waals surface area contributed by atoms with Gasteiger partial charge < -0.3 is 9.52 Å². The van der Waals surface area contributed by atoms with E-state index in [0.29, 0.717) is 5.13 Å². The Kier molecular flexibility index (Phi) is 2.64. The third-order valence-corrected chi connectivity index (χ3v) is 2.23. The summed E-state index contributed by atoms with van der Waals surface area (Å²) in [6.45, 7) is 0. The van der Waals surface area contributed by atoms with E-state index in [9.17, 15) is 9.59 Å². The van der Waals surface area contributed by atoms with Crippen LogP contribution in [0.3, 0.4) is 0 Å². The van der Waals surface area contributed by atoms with Crippen LogP contribution in [0.25, 0.3) is 0 Å². The van der Waals surface area contributed by atoms with Crippen molar-refractivity contribution < 1.29 is 19.1 Å². The summed E-state index contributed by atoms with van der Waals surface area (Å²) >= 11 is 1.15. The van der Waals surface area contributed by atoms with Gasteiger partial charge in [0.2, 0.25) is 10.9 Å². The Balaban J connectivity index is 2.12. The van der Waals surface area contributed by atoms with E-state index in [1.54, 1.807) is 0 Å². The fourth-order valence-corrected chi connectivity index (χ4v) is 1.40. The van der Waals surface area contributed by atoms with Crippen molar-refractivity contribution in [2.24, 2.45) is 0 Å². The summed E-state index contributed by atoms with van der Waals surface area (Å²) in [5.41, 5.74) is 1.46. The summed E-state index contributed by atoms with van der Waals surface area (Å²) in [5.74, 6) is -2.17. The third-order valence-electron chi connectivity index (χ3n) is 1.62. The van der Waals surface area contributed by atoms with E-state index in [2.05, 4.69) is 15.5 Å². The Morgan fingerprint density at radius 1 is 1.38 bits per heavy atom.